The molecule has 0 saturated heterocycles. The maximum Gasteiger partial charge on any atom is 0.244 e. The Labute approximate surface area is 288 Å². The summed E-state index contributed by atoms with van der Waals surface area (Å²) in [7, 11) is -3.81. The highest BCUT2D eigenvalue weighted by atomic mass is 31.1. The summed E-state index contributed by atoms with van der Waals surface area (Å²) in [5.74, 6) is 2.36. The van der Waals surface area contributed by atoms with Crippen LogP contribution in [0.1, 0.15) is 158 Å². The van der Waals surface area contributed by atoms with Crippen LogP contribution in [0, 0.1) is 0 Å². The molecule has 1 aromatic heterocycles. The minimum absolute atomic E-state index is 0.0280. The summed E-state index contributed by atoms with van der Waals surface area (Å²) in [6.45, 7) is 50.2. The molecule has 46 heavy (non-hydrogen) atoms. The van der Waals surface area contributed by atoms with Gasteiger partial charge in [0, 0.05) is 0 Å². The lowest BCUT2D eigenvalue weighted by Crippen LogP contribution is -2.35. The summed E-state index contributed by atoms with van der Waals surface area (Å²) in [4.78, 5) is 0. The summed E-state index contributed by atoms with van der Waals surface area (Å²) < 4.78 is 1.68. The van der Waals surface area contributed by atoms with Gasteiger partial charge in [-0.25, -0.2) is 0 Å². The molecule has 0 aliphatic rings. The Bertz CT molecular complexity index is 1530. The molecule has 1 N–H and O–H groups in total. The lowest BCUT2D eigenvalue weighted by Gasteiger charge is -2.33. The SMILES string of the molecule is CC(C)(C)c1cc(C(C)(C)C)c(-p2c(O)c[p+](-c3c(C(C)(C)C)cc(C(C)(C)C)cc3C(C)(C)C)c2[Si](C)(C)C)c(C(C)(C)C)c1. The standard InChI is InChI=1S/C42H68OP2Si/c1-37(2,3)27-22-29(39(7,8)9)34(30(23-27)40(10,11)12)44-26-33(43)45(36(44)46(19,20)21)35-31(41(13,14)15)24-28(38(4,5)6)25-32(35)42(16,17)18/h22-26H,1-21H3/p+1. The van der Waals surface area contributed by atoms with E-state index in [0.717, 1.165) is 0 Å². The molecule has 0 saturated carbocycles. The van der Waals surface area contributed by atoms with E-state index in [1.54, 1.807) is 4.65 Å². The third-order valence-corrected chi connectivity index (χ3v) is 21.3. The van der Waals surface area contributed by atoms with Gasteiger partial charge in [-0.3, -0.25) is 0 Å². The van der Waals surface area contributed by atoms with Crippen LogP contribution in [0.25, 0.3) is 10.6 Å². The van der Waals surface area contributed by atoms with Gasteiger partial charge < -0.3 is 5.11 Å². The number of benzene rings is 2. The molecule has 0 spiro atoms. The molecule has 0 bridgehead atoms. The first-order valence-electron chi connectivity index (χ1n) is 17.4. The van der Waals surface area contributed by atoms with E-state index >= 15 is 0 Å². The monoisotopic (exact) mass is 679 g/mol. The van der Waals surface area contributed by atoms with Gasteiger partial charge in [0.05, 0.1) is 18.1 Å². The fraction of sp³-hybridized carbons (Fsp3) is 0.643. The molecule has 2 aromatic carbocycles. The fourth-order valence-corrected chi connectivity index (χ4v) is 19.9. The molecule has 0 amide bonds. The van der Waals surface area contributed by atoms with Crippen LogP contribution in [0.4, 0.5) is 0 Å². The van der Waals surface area contributed by atoms with Crippen molar-refractivity contribution in [3.05, 3.63) is 63.4 Å². The van der Waals surface area contributed by atoms with E-state index in [9.17, 15) is 5.11 Å². The Morgan fingerprint density at radius 1 is 0.500 bits per heavy atom. The molecule has 3 rings (SSSR count). The van der Waals surface area contributed by atoms with E-state index in [-0.39, 0.29) is 32.5 Å². The number of aromatic hydroxyl groups is 1. The molecule has 3 aromatic rings. The molecule has 256 valence electrons. The number of rotatable bonds is 3. The largest absolute Gasteiger partial charge is 0.489 e. The Morgan fingerprint density at radius 3 is 1.07 bits per heavy atom. The van der Waals surface area contributed by atoms with Gasteiger partial charge >= 0.3 is 0 Å². The van der Waals surface area contributed by atoms with Crippen LogP contribution in [-0.4, -0.2) is 13.2 Å². The van der Waals surface area contributed by atoms with E-state index in [1.165, 1.54) is 44.0 Å². The number of hydrogen-bond acceptors (Lipinski definition) is 1. The zero-order chi connectivity index (χ0) is 36.0. The van der Waals surface area contributed by atoms with Crippen LogP contribution in [0.3, 0.4) is 0 Å². The zero-order valence-electron chi connectivity index (χ0n) is 33.7. The summed E-state index contributed by atoms with van der Waals surface area (Å²) in [6.07, 6.45) is 0. The van der Waals surface area contributed by atoms with Gasteiger partial charge in [-0.1, -0.05) is 169 Å². The normalized spacial score (nSPS) is 15.1. The van der Waals surface area contributed by atoms with Crippen LogP contribution < -0.4 is 4.65 Å². The van der Waals surface area contributed by atoms with Crippen LogP contribution >= 0.6 is 15.1 Å². The van der Waals surface area contributed by atoms with Gasteiger partial charge in [-0.2, -0.15) is 0 Å². The third-order valence-electron chi connectivity index (χ3n) is 9.23. The first-order valence-corrected chi connectivity index (χ1v) is 23.7. The van der Waals surface area contributed by atoms with Crippen molar-refractivity contribution in [3.8, 4) is 16.1 Å². The van der Waals surface area contributed by atoms with Crippen LogP contribution in [0.2, 0.25) is 19.6 Å². The van der Waals surface area contributed by atoms with Crippen LogP contribution in [-0.2, 0) is 32.5 Å². The summed E-state index contributed by atoms with van der Waals surface area (Å²) >= 11 is 0. The molecule has 2 unspecified atom stereocenters. The molecule has 4 heteroatoms. The van der Waals surface area contributed by atoms with Crippen LogP contribution in [0.5, 0.6) is 5.48 Å². The number of hydrogen-bond donors (Lipinski definition) is 1. The van der Waals surface area contributed by atoms with Gasteiger partial charge in [-0.05, 0) is 65.9 Å². The fourth-order valence-electron chi connectivity index (χ4n) is 6.46. The van der Waals surface area contributed by atoms with Crippen molar-refractivity contribution in [2.75, 3.05) is 0 Å². The highest BCUT2D eigenvalue weighted by molar-refractivity contribution is 7.83. The van der Waals surface area contributed by atoms with Gasteiger partial charge in [0.2, 0.25) is 5.48 Å². The predicted molar refractivity (Wildman–Crippen MR) is 216 cm³/mol. The van der Waals surface area contributed by atoms with E-state index in [4.69, 9.17) is 0 Å². The highest BCUT2D eigenvalue weighted by Gasteiger charge is 2.45. The van der Waals surface area contributed by atoms with Gasteiger partial charge in [0.1, 0.15) is 26.1 Å². The maximum absolute atomic E-state index is 12.5. The third kappa shape index (κ3) is 7.93. The van der Waals surface area contributed by atoms with E-state index < -0.39 is 23.1 Å². The molecular weight excluding hydrogens is 610 g/mol. The molecule has 2 atom stereocenters. The van der Waals surface area contributed by atoms with Crippen molar-refractivity contribution in [2.24, 2.45) is 0 Å². The summed E-state index contributed by atoms with van der Waals surface area (Å²) in [5, 5.41) is 15.4. The predicted octanol–water partition coefficient (Wildman–Crippen LogP) is 14.0. The molecule has 1 nitrogen and oxygen atoms in total. The zero-order valence-corrected chi connectivity index (χ0v) is 36.5. The van der Waals surface area contributed by atoms with E-state index in [2.05, 4.69) is 174 Å². The second-order valence-electron chi connectivity index (χ2n) is 21.1. The Balaban J connectivity index is 2.77. The Hall–Kier alpha value is -1.33. The van der Waals surface area contributed by atoms with Crippen molar-refractivity contribution >= 4 is 27.8 Å². The summed E-state index contributed by atoms with van der Waals surface area (Å²) in [6, 6.07) is 10.1. The van der Waals surface area contributed by atoms with Gasteiger partial charge in [-0.15, -0.1) is 0 Å². The lowest BCUT2D eigenvalue weighted by molar-refractivity contribution is 0.491. The van der Waals surface area contributed by atoms with Crippen molar-refractivity contribution in [3.63, 3.8) is 0 Å². The Kier molecular flexibility index (Phi) is 10.1. The molecular formula is C42H69OP2Si+. The van der Waals surface area contributed by atoms with Crippen LogP contribution in [0.15, 0.2) is 30.1 Å². The van der Waals surface area contributed by atoms with E-state index in [1.807, 2.05) is 0 Å². The molecule has 0 aliphatic carbocycles. The minimum atomic E-state index is -1.92. The van der Waals surface area contributed by atoms with Gasteiger partial charge in [0.15, 0.2) is 0 Å². The first-order chi connectivity index (χ1) is 20.2. The topological polar surface area (TPSA) is 20.2 Å². The van der Waals surface area contributed by atoms with Gasteiger partial charge in [0.25, 0.3) is 0 Å². The second kappa shape index (κ2) is 11.9. The first kappa shape index (κ1) is 39.1. The Morgan fingerprint density at radius 2 is 0.804 bits per heavy atom. The average Bonchev–Trinajstić information content (AvgIpc) is 3.16. The molecule has 0 fully saturated rings. The average molecular weight is 680 g/mol. The van der Waals surface area contributed by atoms with Crippen molar-refractivity contribution in [1.82, 2.24) is 0 Å². The lowest BCUT2D eigenvalue weighted by atomic mass is 9.75. The van der Waals surface area contributed by atoms with Crippen molar-refractivity contribution in [1.29, 1.82) is 0 Å². The molecule has 1 heterocycles. The second-order valence-corrected chi connectivity index (χ2v) is 31.2. The molecule has 0 radical (unpaired) electrons. The highest BCUT2D eigenvalue weighted by Crippen LogP contribution is 2.64. The minimum Gasteiger partial charge on any atom is -0.489 e. The van der Waals surface area contributed by atoms with Crippen molar-refractivity contribution < 1.29 is 5.11 Å². The summed E-state index contributed by atoms with van der Waals surface area (Å²) in [5.41, 5.74) is 9.11. The molecule has 0 aliphatic heterocycles. The quantitative estimate of drug-likeness (QED) is 0.273. The maximum atomic E-state index is 12.5. The smallest absolute Gasteiger partial charge is 0.244 e. The van der Waals surface area contributed by atoms with E-state index in [0.29, 0.717) is 5.48 Å². The van der Waals surface area contributed by atoms with Crippen molar-refractivity contribution in [2.45, 2.75) is 177 Å².